The Labute approximate surface area is 167 Å². The van der Waals surface area contributed by atoms with E-state index >= 15 is 0 Å². The molecule has 28 heavy (non-hydrogen) atoms. The summed E-state index contributed by atoms with van der Waals surface area (Å²) in [6, 6.07) is 15.0. The van der Waals surface area contributed by atoms with Gasteiger partial charge in [0.05, 0.1) is 6.07 Å². The monoisotopic (exact) mass is 373 g/mol. The summed E-state index contributed by atoms with van der Waals surface area (Å²) >= 11 is 0. The van der Waals surface area contributed by atoms with Gasteiger partial charge in [-0.25, -0.2) is 0 Å². The number of nitrogens with zero attached hydrogens (tertiary/aromatic N) is 1. The number of nitriles is 1. The fourth-order valence-electron chi connectivity index (χ4n) is 4.01. The molecule has 0 fully saturated rings. The summed E-state index contributed by atoms with van der Waals surface area (Å²) in [7, 11) is 0. The van der Waals surface area contributed by atoms with Crippen molar-refractivity contribution < 1.29 is 9.59 Å². The summed E-state index contributed by atoms with van der Waals surface area (Å²) in [6.07, 6.45) is 4.74. The zero-order valence-corrected chi connectivity index (χ0v) is 16.9. The molecule has 0 radical (unpaired) electrons. The lowest BCUT2D eigenvalue weighted by atomic mass is 9.76. The van der Waals surface area contributed by atoms with Crippen LogP contribution >= 0.6 is 0 Å². The standard InChI is InChI=1S/C25H27NO2/c1-17(9-7-15-26)8-6-14-25(2,3)18-12-13-21-22(16-18)24(28)20-11-5-4-10-19(20)23(21)27/h4-5,10-13,16-17H,6-9,14H2,1-3H3. The lowest BCUT2D eigenvalue weighted by molar-refractivity contribution is 0.0979. The van der Waals surface area contributed by atoms with Crippen LogP contribution in [0.5, 0.6) is 0 Å². The molecule has 0 heterocycles. The van der Waals surface area contributed by atoms with Crippen molar-refractivity contribution in [1.82, 2.24) is 0 Å². The van der Waals surface area contributed by atoms with Gasteiger partial charge in [-0.2, -0.15) is 5.26 Å². The molecule has 2 aromatic rings. The Balaban J connectivity index is 1.78. The van der Waals surface area contributed by atoms with Gasteiger partial charge >= 0.3 is 0 Å². The summed E-state index contributed by atoms with van der Waals surface area (Å²) < 4.78 is 0. The van der Waals surface area contributed by atoms with Gasteiger partial charge in [-0.05, 0) is 41.9 Å². The van der Waals surface area contributed by atoms with E-state index in [2.05, 4.69) is 26.8 Å². The van der Waals surface area contributed by atoms with Gasteiger partial charge in [0, 0.05) is 28.7 Å². The number of ketones is 2. The Morgan fingerprint density at radius 3 is 2.18 bits per heavy atom. The largest absolute Gasteiger partial charge is 0.289 e. The molecular weight excluding hydrogens is 346 g/mol. The van der Waals surface area contributed by atoms with E-state index in [0.717, 1.165) is 31.2 Å². The van der Waals surface area contributed by atoms with Crippen LogP contribution in [0, 0.1) is 17.2 Å². The third-order valence-electron chi connectivity index (χ3n) is 5.95. The molecule has 1 atom stereocenters. The molecular formula is C25H27NO2. The van der Waals surface area contributed by atoms with Crippen molar-refractivity contribution in [1.29, 1.82) is 5.26 Å². The van der Waals surface area contributed by atoms with Gasteiger partial charge in [-0.3, -0.25) is 9.59 Å². The van der Waals surface area contributed by atoms with Gasteiger partial charge in [0.2, 0.25) is 0 Å². The molecule has 0 aliphatic heterocycles. The van der Waals surface area contributed by atoms with Crippen molar-refractivity contribution in [3.63, 3.8) is 0 Å². The number of carbonyl (C=O) groups is 2. The van der Waals surface area contributed by atoms with Gasteiger partial charge < -0.3 is 0 Å². The SMILES string of the molecule is CC(CCC#N)CCCC(C)(C)c1ccc2c(c1)C(=O)c1ccccc1C2=O. The highest BCUT2D eigenvalue weighted by Crippen LogP contribution is 2.34. The molecule has 1 aliphatic rings. The van der Waals surface area contributed by atoms with Gasteiger partial charge in [0.15, 0.2) is 11.6 Å². The molecule has 0 saturated heterocycles. The Bertz CT molecular complexity index is 949. The number of hydrogen-bond acceptors (Lipinski definition) is 3. The number of benzene rings is 2. The number of rotatable bonds is 7. The van der Waals surface area contributed by atoms with Crippen molar-refractivity contribution in [2.24, 2.45) is 5.92 Å². The Hall–Kier alpha value is -2.73. The third kappa shape index (κ3) is 3.92. The average Bonchev–Trinajstić information content (AvgIpc) is 2.70. The lowest BCUT2D eigenvalue weighted by Gasteiger charge is -2.28. The Morgan fingerprint density at radius 1 is 0.929 bits per heavy atom. The summed E-state index contributed by atoms with van der Waals surface area (Å²) in [5.41, 5.74) is 3.05. The van der Waals surface area contributed by atoms with E-state index in [1.807, 2.05) is 18.2 Å². The number of hydrogen-bond donors (Lipinski definition) is 0. The second-order valence-corrected chi connectivity index (χ2v) is 8.54. The number of fused-ring (bicyclic) bond motifs is 2. The van der Waals surface area contributed by atoms with E-state index in [1.54, 1.807) is 24.3 Å². The van der Waals surface area contributed by atoms with Crippen LogP contribution in [0.4, 0.5) is 0 Å². The zero-order valence-electron chi connectivity index (χ0n) is 16.9. The van der Waals surface area contributed by atoms with Crippen molar-refractivity contribution in [2.45, 2.75) is 58.3 Å². The highest BCUT2D eigenvalue weighted by atomic mass is 16.1. The van der Waals surface area contributed by atoms with E-state index in [9.17, 15) is 9.59 Å². The second kappa shape index (κ2) is 8.10. The van der Waals surface area contributed by atoms with Crippen LogP contribution in [0.25, 0.3) is 0 Å². The summed E-state index contributed by atoms with van der Waals surface area (Å²) in [4.78, 5) is 25.7. The minimum absolute atomic E-state index is 0.0621. The minimum Gasteiger partial charge on any atom is -0.289 e. The molecule has 1 unspecified atom stereocenters. The van der Waals surface area contributed by atoms with E-state index in [-0.39, 0.29) is 17.0 Å². The molecule has 3 rings (SSSR count). The maximum absolute atomic E-state index is 13.0. The first-order chi connectivity index (χ1) is 13.3. The molecule has 0 amide bonds. The summed E-state index contributed by atoms with van der Waals surface area (Å²) in [5, 5.41) is 8.72. The molecule has 0 bridgehead atoms. The third-order valence-corrected chi connectivity index (χ3v) is 5.95. The van der Waals surface area contributed by atoms with Gasteiger partial charge in [-0.15, -0.1) is 0 Å². The Morgan fingerprint density at radius 2 is 1.54 bits per heavy atom. The highest BCUT2D eigenvalue weighted by Gasteiger charge is 2.31. The molecule has 0 aromatic heterocycles. The van der Waals surface area contributed by atoms with Crippen LogP contribution in [0.2, 0.25) is 0 Å². The molecule has 0 N–H and O–H groups in total. The minimum atomic E-state index is -0.0791. The predicted octanol–water partition coefficient (Wildman–Crippen LogP) is 5.85. The molecule has 0 saturated carbocycles. The predicted molar refractivity (Wildman–Crippen MR) is 111 cm³/mol. The van der Waals surface area contributed by atoms with Gasteiger partial charge in [0.1, 0.15) is 0 Å². The fourth-order valence-corrected chi connectivity index (χ4v) is 4.01. The molecule has 1 aliphatic carbocycles. The molecule has 3 nitrogen and oxygen atoms in total. The molecule has 0 spiro atoms. The first kappa shape index (κ1) is 20.0. The summed E-state index contributed by atoms with van der Waals surface area (Å²) in [6.45, 7) is 6.58. The quantitative estimate of drug-likeness (QED) is 0.522. The number of carbonyl (C=O) groups excluding carboxylic acids is 2. The van der Waals surface area contributed by atoms with Gasteiger partial charge in [-0.1, -0.05) is 63.9 Å². The smallest absolute Gasteiger partial charge is 0.194 e. The van der Waals surface area contributed by atoms with E-state index in [4.69, 9.17) is 5.26 Å². The topological polar surface area (TPSA) is 57.9 Å². The van der Waals surface area contributed by atoms with Crippen molar-refractivity contribution in [3.8, 4) is 6.07 Å². The van der Waals surface area contributed by atoms with Crippen LogP contribution < -0.4 is 0 Å². The van der Waals surface area contributed by atoms with E-state index < -0.39 is 0 Å². The maximum Gasteiger partial charge on any atom is 0.194 e. The first-order valence-electron chi connectivity index (χ1n) is 10.0. The molecule has 144 valence electrons. The molecule has 2 aromatic carbocycles. The van der Waals surface area contributed by atoms with E-state index in [1.165, 1.54) is 0 Å². The Kier molecular flexibility index (Phi) is 5.79. The van der Waals surface area contributed by atoms with Crippen LogP contribution in [0.15, 0.2) is 42.5 Å². The normalized spacial score (nSPS) is 14.2. The van der Waals surface area contributed by atoms with Crippen LogP contribution in [0.3, 0.4) is 0 Å². The average molecular weight is 373 g/mol. The van der Waals surface area contributed by atoms with E-state index in [0.29, 0.717) is 34.6 Å². The van der Waals surface area contributed by atoms with Crippen LogP contribution in [-0.4, -0.2) is 11.6 Å². The maximum atomic E-state index is 13.0. The van der Waals surface area contributed by atoms with Crippen LogP contribution in [-0.2, 0) is 5.41 Å². The first-order valence-corrected chi connectivity index (χ1v) is 10.0. The van der Waals surface area contributed by atoms with Crippen molar-refractivity contribution >= 4 is 11.6 Å². The fraction of sp³-hybridized carbons (Fsp3) is 0.400. The second-order valence-electron chi connectivity index (χ2n) is 8.54. The van der Waals surface area contributed by atoms with Gasteiger partial charge in [0.25, 0.3) is 0 Å². The zero-order chi connectivity index (χ0) is 20.3. The lowest BCUT2D eigenvalue weighted by Crippen LogP contribution is -2.23. The van der Waals surface area contributed by atoms with Crippen molar-refractivity contribution in [3.05, 3.63) is 70.3 Å². The van der Waals surface area contributed by atoms with Crippen molar-refractivity contribution in [2.75, 3.05) is 0 Å². The highest BCUT2D eigenvalue weighted by molar-refractivity contribution is 6.28. The summed E-state index contributed by atoms with van der Waals surface area (Å²) in [5.74, 6) is 0.420. The van der Waals surface area contributed by atoms with Crippen LogP contribution in [0.1, 0.15) is 90.3 Å². The molecule has 3 heteroatoms.